The van der Waals surface area contributed by atoms with Crippen LogP contribution < -0.4 is 15.6 Å². The third-order valence-corrected chi connectivity index (χ3v) is 12.6. The minimum atomic E-state index is -1.79. The Morgan fingerprint density at radius 1 is 1.00 bits per heavy atom. The molecule has 0 radical (unpaired) electrons. The standard InChI is InChI=1S/C30H40N6O3Si/c1-19-14-27(33-20(2)32-19)34-28-16-22-15-21(12-13-36(22)35-28)25-17-29(37)31-18-26(25)38-23-8-10-24(11-9-23)39-40(6,7)30(3,4)5/h12-18,23-24H,8-11H2,1-7H3,(H,31,37)(H,32,33,34,35). The number of anilines is 2. The van der Waals surface area contributed by atoms with Crippen LogP contribution in [0.25, 0.3) is 16.6 Å². The van der Waals surface area contributed by atoms with Crippen molar-refractivity contribution in [3.8, 4) is 16.9 Å². The molecule has 0 atom stereocenters. The molecule has 0 aliphatic heterocycles. The van der Waals surface area contributed by atoms with E-state index in [0.717, 1.165) is 48.0 Å². The van der Waals surface area contributed by atoms with Gasteiger partial charge in [-0.05, 0) is 75.4 Å². The first kappa shape index (κ1) is 28.0. The molecule has 40 heavy (non-hydrogen) atoms. The van der Waals surface area contributed by atoms with Gasteiger partial charge < -0.3 is 19.5 Å². The summed E-state index contributed by atoms with van der Waals surface area (Å²) in [6.07, 6.45) is 7.77. The van der Waals surface area contributed by atoms with Gasteiger partial charge >= 0.3 is 0 Å². The SMILES string of the molecule is Cc1cc(Nc2cc3cc(-c4cc(=O)[nH]cc4OC4CCC(O[Si](C)(C)C(C)(C)C)CC4)ccn3n2)nc(C)n1. The predicted octanol–water partition coefficient (Wildman–Crippen LogP) is 6.55. The third kappa shape index (κ3) is 6.28. The number of aryl methyl sites for hydroxylation is 2. The molecule has 2 N–H and O–H groups in total. The fourth-order valence-corrected chi connectivity index (χ4v) is 6.38. The van der Waals surface area contributed by atoms with Crippen molar-refractivity contribution in [2.24, 2.45) is 0 Å². The molecule has 1 aliphatic rings. The maximum absolute atomic E-state index is 12.3. The van der Waals surface area contributed by atoms with Crippen molar-refractivity contribution in [1.29, 1.82) is 0 Å². The summed E-state index contributed by atoms with van der Waals surface area (Å²) in [6, 6.07) is 9.41. The molecule has 212 valence electrons. The van der Waals surface area contributed by atoms with Crippen molar-refractivity contribution in [3.05, 3.63) is 64.6 Å². The zero-order chi connectivity index (χ0) is 28.7. The van der Waals surface area contributed by atoms with Crippen LogP contribution in [0.4, 0.5) is 11.6 Å². The highest BCUT2D eigenvalue weighted by molar-refractivity contribution is 6.74. The predicted molar refractivity (Wildman–Crippen MR) is 161 cm³/mol. The number of rotatable bonds is 7. The van der Waals surface area contributed by atoms with Crippen molar-refractivity contribution in [2.45, 2.75) is 90.6 Å². The maximum atomic E-state index is 12.3. The molecule has 4 aromatic heterocycles. The van der Waals surface area contributed by atoms with Crippen molar-refractivity contribution in [1.82, 2.24) is 24.6 Å². The van der Waals surface area contributed by atoms with Gasteiger partial charge in [-0.15, -0.1) is 0 Å². The van der Waals surface area contributed by atoms with Crippen molar-refractivity contribution < 1.29 is 9.16 Å². The number of hydrogen-bond acceptors (Lipinski definition) is 7. The number of nitrogens with zero attached hydrogens (tertiary/aromatic N) is 4. The van der Waals surface area contributed by atoms with E-state index in [1.807, 2.05) is 44.3 Å². The summed E-state index contributed by atoms with van der Waals surface area (Å²) < 4.78 is 15.0. The lowest BCUT2D eigenvalue weighted by molar-refractivity contribution is 0.0727. The molecule has 1 saturated carbocycles. The van der Waals surface area contributed by atoms with Crippen LogP contribution in [0.5, 0.6) is 5.75 Å². The Kier molecular flexibility index (Phi) is 7.58. The number of ether oxygens (including phenoxy) is 1. The van der Waals surface area contributed by atoms with Gasteiger partial charge in [-0.1, -0.05) is 20.8 Å². The van der Waals surface area contributed by atoms with E-state index in [1.54, 1.807) is 16.8 Å². The summed E-state index contributed by atoms with van der Waals surface area (Å²) in [5.41, 5.74) is 3.27. The van der Waals surface area contributed by atoms with E-state index < -0.39 is 8.32 Å². The van der Waals surface area contributed by atoms with Crippen molar-refractivity contribution >= 4 is 25.5 Å². The number of pyridine rings is 2. The van der Waals surface area contributed by atoms with Gasteiger partial charge in [0.05, 0.1) is 11.6 Å². The molecular weight excluding hydrogens is 520 g/mol. The van der Waals surface area contributed by atoms with E-state index in [2.05, 4.69) is 59.2 Å². The number of fused-ring (bicyclic) bond motifs is 1. The van der Waals surface area contributed by atoms with Gasteiger partial charge in [-0.3, -0.25) is 4.79 Å². The van der Waals surface area contributed by atoms with Gasteiger partial charge in [-0.25, -0.2) is 14.5 Å². The first-order valence-corrected chi connectivity index (χ1v) is 16.9. The van der Waals surface area contributed by atoms with E-state index in [1.165, 1.54) is 0 Å². The molecule has 9 nitrogen and oxygen atoms in total. The third-order valence-electron chi connectivity index (χ3n) is 8.07. The fraction of sp³-hybridized carbons (Fsp3) is 0.467. The monoisotopic (exact) mass is 560 g/mol. The van der Waals surface area contributed by atoms with Gasteiger partial charge in [-0.2, -0.15) is 5.10 Å². The largest absolute Gasteiger partial charge is 0.488 e. The zero-order valence-corrected chi connectivity index (χ0v) is 25.5. The van der Waals surface area contributed by atoms with Gasteiger partial charge in [0.2, 0.25) is 5.56 Å². The van der Waals surface area contributed by atoms with Crippen LogP contribution in [-0.4, -0.2) is 45.1 Å². The second kappa shape index (κ2) is 10.8. The molecule has 0 unspecified atom stereocenters. The molecule has 0 spiro atoms. The van der Waals surface area contributed by atoms with Gasteiger partial charge in [0.1, 0.15) is 17.4 Å². The lowest BCUT2D eigenvalue weighted by Crippen LogP contribution is -2.45. The summed E-state index contributed by atoms with van der Waals surface area (Å²) >= 11 is 0. The molecule has 4 heterocycles. The molecule has 1 aliphatic carbocycles. The Labute approximate surface area is 236 Å². The van der Waals surface area contributed by atoms with E-state index in [4.69, 9.17) is 9.16 Å². The second-order valence-corrected chi connectivity index (χ2v) is 17.1. The number of H-pyrrole nitrogens is 1. The molecule has 0 bridgehead atoms. The minimum Gasteiger partial charge on any atom is -0.488 e. The van der Waals surface area contributed by atoms with Crippen molar-refractivity contribution in [3.63, 3.8) is 0 Å². The van der Waals surface area contributed by atoms with Gasteiger partial charge in [0.25, 0.3) is 0 Å². The van der Waals surface area contributed by atoms with Gasteiger partial charge in [0, 0.05) is 48.0 Å². The molecule has 0 amide bonds. The van der Waals surface area contributed by atoms with Gasteiger partial charge in [0.15, 0.2) is 14.1 Å². The zero-order valence-electron chi connectivity index (χ0n) is 24.5. The quantitative estimate of drug-likeness (QED) is 0.247. The van der Waals surface area contributed by atoms with Crippen LogP contribution in [0.1, 0.15) is 58.0 Å². The van der Waals surface area contributed by atoms with E-state index >= 15 is 0 Å². The maximum Gasteiger partial charge on any atom is 0.248 e. The Morgan fingerprint density at radius 2 is 1.73 bits per heavy atom. The van der Waals surface area contributed by atoms with E-state index in [9.17, 15) is 4.79 Å². The highest BCUT2D eigenvalue weighted by Gasteiger charge is 2.40. The fourth-order valence-electron chi connectivity index (χ4n) is 4.96. The molecule has 5 rings (SSSR count). The summed E-state index contributed by atoms with van der Waals surface area (Å²) in [5.74, 6) is 2.76. The van der Waals surface area contributed by atoms with Crippen LogP contribution in [0.2, 0.25) is 18.1 Å². The second-order valence-electron chi connectivity index (χ2n) is 12.4. The van der Waals surface area contributed by atoms with E-state index in [-0.39, 0.29) is 22.8 Å². The first-order valence-electron chi connectivity index (χ1n) is 14.0. The van der Waals surface area contributed by atoms with Crippen LogP contribution in [0.3, 0.4) is 0 Å². The first-order chi connectivity index (χ1) is 18.9. The Bertz CT molecular complexity index is 1540. The lowest BCUT2D eigenvalue weighted by atomic mass is 9.95. The average molecular weight is 561 g/mol. The lowest BCUT2D eigenvalue weighted by Gasteiger charge is -2.41. The van der Waals surface area contributed by atoms with Crippen LogP contribution in [-0.2, 0) is 4.43 Å². The number of aromatic nitrogens is 5. The van der Waals surface area contributed by atoms with E-state index in [0.29, 0.717) is 23.2 Å². The molecule has 1 fully saturated rings. The normalized spacial score (nSPS) is 18.2. The number of aromatic amines is 1. The number of hydrogen-bond donors (Lipinski definition) is 2. The van der Waals surface area contributed by atoms with Crippen LogP contribution in [0, 0.1) is 13.8 Å². The summed E-state index contributed by atoms with van der Waals surface area (Å²) in [4.78, 5) is 23.9. The highest BCUT2D eigenvalue weighted by Crippen LogP contribution is 2.40. The van der Waals surface area contributed by atoms with Crippen LogP contribution in [0.15, 0.2) is 47.5 Å². The summed E-state index contributed by atoms with van der Waals surface area (Å²) in [7, 11) is -1.79. The smallest absolute Gasteiger partial charge is 0.248 e. The molecular formula is C30H40N6O3Si. The molecule has 4 aromatic rings. The number of nitrogens with one attached hydrogen (secondary N) is 2. The Morgan fingerprint density at radius 3 is 2.42 bits per heavy atom. The summed E-state index contributed by atoms with van der Waals surface area (Å²) in [5, 5.41) is 8.09. The van der Waals surface area contributed by atoms with Crippen LogP contribution >= 0.6 is 0 Å². The molecule has 0 aromatic carbocycles. The Balaban J connectivity index is 1.31. The molecule has 10 heteroatoms. The molecule has 0 saturated heterocycles. The topological polar surface area (TPSA) is 106 Å². The summed E-state index contributed by atoms with van der Waals surface area (Å²) in [6.45, 7) is 15.3. The Hall–Kier alpha value is -3.50. The highest BCUT2D eigenvalue weighted by atomic mass is 28.4. The minimum absolute atomic E-state index is 0.0817. The average Bonchev–Trinajstić information content (AvgIpc) is 3.26. The van der Waals surface area contributed by atoms with Crippen molar-refractivity contribution in [2.75, 3.05) is 5.32 Å².